The Hall–Kier alpha value is -3.44. The third kappa shape index (κ3) is 5.21. The van der Waals surface area contributed by atoms with Crippen LogP contribution >= 0.6 is 11.6 Å². The first-order chi connectivity index (χ1) is 17.3. The molecule has 1 heterocycles. The number of hydrogen-bond donors (Lipinski definition) is 0. The lowest BCUT2D eigenvalue weighted by molar-refractivity contribution is 0.0631. The molecule has 0 bridgehead atoms. The van der Waals surface area contributed by atoms with E-state index in [0.29, 0.717) is 40.3 Å². The van der Waals surface area contributed by atoms with Gasteiger partial charge in [-0.25, -0.2) is 4.98 Å². The maximum atomic E-state index is 13.9. The van der Waals surface area contributed by atoms with Gasteiger partial charge in [0, 0.05) is 17.1 Å². The van der Waals surface area contributed by atoms with Crippen LogP contribution in [-0.2, 0) is 6.42 Å². The number of nitrogens with zero attached hydrogens (tertiary/aromatic N) is 3. The van der Waals surface area contributed by atoms with E-state index >= 15 is 0 Å². The van der Waals surface area contributed by atoms with Crippen LogP contribution < -0.4 is 5.56 Å². The number of carbonyl (C=O) groups excluding carboxylic acids is 1. The van der Waals surface area contributed by atoms with Gasteiger partial charge >= 0.3 is 0 Å². The van der Waals surface area contributed by atoms with E-state index in [1.165, 1.54) is 5.56 Å². The summed E-state index contributed by atoms with van der Waals surface area (Å²) in [4.78, 5) is 34.5. The molecule has 0 aliphatic carbocycles. The monoisotopic (exact) mass is 501 g/mol. The molecule has 1 amide bonds. The highest BCUT2D eigenvalue weighted by Gasteiger charge is 2.30. The number of aryl methyl sites for hydroxylation is 1. The molecule has 0 fully saturated rings. The standard InChI is InChI=1S/C30H32ClN3O2/c1-5-21-11-17-24(18-12-21)34-28(32-26-10-8-7-9-25(26)30(34)36)27(6-2)33(19-20(3)4)29(35)22-13-15-23(31)16-14-22/h7-18,20,27H,5-6,19H2,1-4H3. The Bertz CT molecular complexity index is 1410. The zero-order valence-electron chi connectivity index (χ0n) is 21.2. The van der Waals surface area contributed by atoms with Crippen molar-refractivity contribution >= 4 is 28.4 Å². The summed E-state index contributed by atoms with van der Waals surface area (Å²) >= 11 is 6.08. The van der Waals surface area contributed by atoms with Crippen molar-refractivity contribution in [3.05, 3.63) is 105 Å². The van der Waals surface area contributed by atoms with E-state index in [0.717, 1.165) is 12.1 Å². The number of fused-ring (bicyclic) bond motifs is 1. The highest BCUT2D eigenvalue weighted by Crippen LogP contribution is 2.29. The molecule has 0 N–H and O–H groups in total. The Morgan fingerprint density at radius 2 is 1.64 bits per heavy atom. The molecule has 0 saturated heterocycles. The van der Waals surface area contributed by atoms with Crippen LogP contribution in [0.4, 0.5) is 0 Å². The molecule has 4 aromatic rings. The van der Waals surface area contributed by atoms with Crippen LogP contribution in [0.15, 0.2) is 77.6 Å². The molecule has 6 heteroatoms. The summed E-state index contributed by atoms with van der Waals surface area (Å²) in [7, 11) is 0. The highest BCUT2D eigenvalue weighted by atomic mass is 35.5. The van der Waals surface area contributed by atoms with E-state index in [4.69, 9.17) is 16.6 Å². The van der Waals surface area contributed by atoms with Crippen LogP contribution in [-0.4, -0.2) is 26.9 Å². The lowest BCUT2D eigenvalue weighted by Crippen LogP contribution is -2.40. The minimum Gasteiger partial charge on any atom is -0.328 e. The summed E-state index contributed by atoms with van der Waals surface area (Å²) in [6.07, 6.45) is 1.51. The van der Waals surface area contributed by atoms with E-state index < -0.39 is 6.04 Å². The summed E-state index contributed by atoms with van der Waals surface area (Å²) in [5.41, 5.74) is 2.98. The van der Waals surface area contributed by atoms with Crippen molar-refractivity contribution in [2.45, 2.75) is 46.6 Å². The van der Waals surface area contributed by atoms with Crippen molar-refractivity contribution in [1.29, 1.82) is 0 Å². The van der Waals surface area contributed by atoms with Crippen molar-refractivity contribution in [1.82, 2.24) is 14.5 Å². The number of aromatic nitrogens is 2. The number of halogens is 1. The van der Waals surface area contributed by atoms with Gasteiger partial charge in [0.15, 0.2) is 0 Å². The first-order valence-electron chi connectivity index (χ1n) is 12.5. The van der Waals surface area contributed by atoms with Crippen molar-refractivity contribution < 1.29 is 4.79 Å². The third-order valence-corrected chi connectivity index (χ3v) is 6.63. The fraction of sp³-hybridized carbons (Fsp3) is 0.300. The molecular formula is C30H32ClN3O2. The fourth-order valence-electron chi connectivity index (χ4n) is 4.55. The van der Waals surface area contributed by atoms with Gasteiger partial charge in [0.05, 0.1) is 22.6 Å². The Balaban J connectivity index is 1.94. The van der Waals surface area contributed by atoms with Crippen LogP contribution in [0.5, 0.6) is 0 Å². The second kappa shape index (κ2) is 11.1. The van der Waals surface area contributed by atoms with Crippen molar-refractivity contribution in [3.8, 4) is 5.69 Å². The fourth-order valence-corrected chi connectivity index (χ4v) is 4.68. The summed E-state index contributed by atoms with van der Waals surface area (Å²) in [6.45, 7) is 8.82. The van der Waals surface area contributed by atoms with Gasteiger partial charge in [-0.2, -0.15) is 0 Å². The first kappa shape index (κ1) is 25.6. The quantitative estimate of drug-likeness (QED) is 0.265. The molecule has 1 aromatic heterocycles. The summed E-state index contributed by atoms with van der Waals surface area (Å²) in [5.74, 6) is 0.677. The number of carbonyl (C=O) groups is 1. The molecule has 36 heavy (non-hydrogen) atoms. The van der Waals surface area contributed by atoms with Crippen LogP contribution in [0.1, 0.15) is 61.9 Å². The Labute approximate surface area is 217 Å². The van der Waals surface area contributed by atoms with Crippen LogP contribution in [0.25, 0.3) is 16.6 Å². The average Bonchev–Trinajstić information content (AvgIpc) is 2.89. The molecule has 0 saturated carbocycles. The predicted octanol–water partition coefficient (Wildman–Crippen LogP) is 6.85. The molecule has 4 rings (SSSR count). The molecule has 0 aliphatic rings. The SMILES string of the molecule is CCc1ccc(-n2c(C(CC)N(CC(C)C)C(=O)c3ccc(Cl)cc3)nc3ccccc3c2=O)cc1. The van der Waals surface area contributed by atoms with Gasteiger partial charge in [-0.05, 0) is 72.9 Å². The van der Waals surface area contributed by atoms with Gasteiger partial charge in [0.1, 0.15) is 5.82 Å². The van der Waals surface area contributed by atoms with Crippen molar-refractivity contribution in [2.75, 3.05) is 6.54 Å². The summed E-state index contributed by atoms with van der Waals surface area (Å²) in [6, 6.07) is 21.9. The lowest BCUT2D eigenvalue weighted by atomic mass is 10.0. The third-order valence-electron chi connectivity index (χ3n) is 6.38. The van der Waals surface area contributed by atoms with E-state index in [1.54, 1.807) is 34.9 Å². The van der Waals surface area contributed by atoms with Gasteiger partial charge < -0.3 is 4.90 Å². The molecule has 0 radical (unpaired) electrons. The van der Waals surface area contributed by atoms with Gasteiger partial charge in [0.25, 0.3) is 11.5 Å². The Kier molecular flexibility index (Phi) is 7.90. The van der Waals surface area contributed by atoms with Crippen LogP contribution in [0.3, 0.4) is 0 Å². The zero-order chi connectivity index (χ0) is 25.8. The Morgan fingerprint density at radius 3 is 2.25 bits per heavy atom. The van der Waals surface area contributed by atoms with E-state index in [2.05, 4.69) is 20.8 Å². The zero-order valence-corrected chi connectivity index (χ0v) is 22.0. The van der Waals surface area contributed by atoms with Crippen LogP contribution in [0.2, 0.25) is 5.02 Å². The van der Waals surface area contributed by atoms with Gasteiger partial charge in [-0.3, -0.25) is 14.2 Å². The lowest BCUT2D eigenvalue weighted by Gasteiger charge is -2.33. The normalized spacial score (nSPS) is 12.2. The summed E-state index contributed by atoms with van der Waals surface area (Å²) in [5, 5.41) is 1.13. The topological polar surface area (TPSA) is 55.2 Å². The highest BCUT2D eigenvalue weighted by molar-refractivity contribution is 6.30. The average molecular weight is 502 g/mol. The van der Waals surface area contributed by atoms with Crippen molar-refractivity contribution in [3.63, 3.8) is 0 Å². The largest absolute Gasteiger partial charge is 0.328 e. The van der Waals surface area contributed by atoms with Gasteiger partial charge in [-0.15, -0.1) is 0 Å². The minimum absolute atomic E-state index is 0.109. The van der Waals surface area contributed by atoms with E-state index in [9.17, 15) is 9.59 Å². The summed E-state index contributed by atoms with van der Waals surface area (Å²) < 4.78 is 1.68. The van der Waals surface area contributed by atoms with Crippen molar-refractivity contribution in [2.24, 2.45) is 5.92 Å². The van der Waals surface area contributed by atoms with E-state index in [-0.39, 0.29) is 17.4 Å². The molecule has 0 aliphatic heterocycles. The van der Waals surface area contributed by atoms with E-state index in [1.807, 2.05) is 54.3 Å². The first-order valence-corrected chi connectivity index (χ1v) is 12.9. The number of hydrogen-bond acceptors (Lipinski definition) is 3. The molecule has 5 nitrogen and oxygen atoms in total. The number of benzene rings is 3. The van der Waals surface area contributed by atoms with Gasteiger partial charge in [-0.1, -0.05) is 63.6 Å². The second-order valence-corrected chi connectivity index (χ2v) is 9.87. The minimum atomic E-state index is -0.404. The molecule has 1 atom stereocenters. The van der Waals surface area contributed by atoms with Gasteiger partial charge in [0.2, 0.25) is 0 Å². The molecule has 0 spiro atoms. The van der Waals surface area contributed by atoms with Crippen LogP contribution in [0, 0.1) is 5.92 Å². The second-order valence-electron chi connectivity index (χ2n) is 9.43. The molecule has 186 valence electrons. The number of para-hydroxylation sites is 1. The number of amides is 1. The molecule has 1 unspecified atom stereocenters. The number of rotatable bonds is 8. The molecular weight excluding hydrogens is 470 g/mol. The maximum Gasteiger partial charge on any atom is 0.266 e. The predicted molar refractivity (Wildman–Crippen MR) is 147 cm³/mol. The smallest absolute Gasteiger partial charge is 0.266 e. The maximum absolute atomic E-state index is 13.9. The Morgan fingerprint density at radius 1 is 0.972 bits per heavy atom. The molecule has 3 aromatic carbocycles.